The van der Waals surface area contributed by atoms with Gasteiger partial charge in [0.2, 0.25) is 0 Å². The maximum atomic E-state index is 13.5. The van der Waals surface area contributed by atoms with E-state index in [-0.39, 0.29) is 28.8 Å². The van der Waals surface area contributed by atoms with Crippen LogP contribution in [0.15, 0.2) is 39.8 Å². The van der Waals surface area contributed by atoms with Crippen molar-refractivity contribution >= 4 is 38.3 Å². The Labute approximate surface area is 213 Å². The number of benzene rings is 2. The fourth-order valence-electron chi connectivity index (χ4n) is 4.07. The monoisotopic (exact) mass is 529 g/mol. The van der Waals surface area contributed by atoms with Gasteiger partial charge in [0.1, 0.15) is 17.2 Å². The van der Waals surface area contributed by atoms with Gasteiger partial charge in [-0.15, -0.1) is 0 Å². The number of ether oxygens (including phenoxy) is 4. The van der Waals surface area contributed by atoms with Crippen LogP contribution in [0, 0.1) is 0 Å². The van der Waals surface area contributed by atoms with Crippen molar-refractivity contribution in [3.63, 3.8) is 0 Å². The summed E-state index contributed by atoms with van der Waals surface area (Å²) >= 11 is 0. The molecule has 4 aromatic rings. The fourth-order valence-corrected chi connectivity index (χ4v) is 5.39. The largest absolute Gasteiger partial charge is 0.495 e. The summed E-state index contributed by atoms with van der Waals surface area (Å²) in [6.07, 6.45) is 2.31. The number of sulfonamides is 1. The molecule has 13 heteroatoms. The number of nitrogens with one attached hydrogen (secondary N) is 3. The second-order valence-corrected chi connectivity index (χ2v) is 10.2. The maximum absolute atomic E-state index is 13.5. The van der Waals surface area contributed by atoms with Gasteiger partial charge in [-0.25, -0.2) is 8.42 Å². The normalized spacial score (nSPS) is 13.5. The number of H-pyrrole nitrogens is 1. The lowest BCUT2D eigenvalue weighted by atomic mass is 10.2. The molecule has 0 saturated heterocycles. The zero-order chi connectivity index (χ0) is 26.2. The Morgan fingerprint density at radius 3 is 2.32 bits per heavy atom. The third-order valence-corrected chi connectivity index (χ3v) is 7.40. The molecule has 0 aliphatic heterocycles. The molecule has 1 fully saturated rings. The van der Waals surface area contributed by atoms with Crippen molar-refractivity contribution in [2.75, 3.05) is 38.5 Å². The molecule has 0 bridgehead atoms. The van der Waals surface area contributed by atoms with E-state index in [9.17, 15) is 8.42 Å². The average molecular weight is 530 g/mol. The summed E-state index contributed by atoms with van der Waals surface area (Å²) in [5, 5.41) is 14.9. The van der Waals surface area contributed by atoms with Gasteiger partial charge in [-0.2, -0.15) is 5.10 Å². The smallest absolute Gasteiger partial charge is 0.270 e. The van der Waals surface area contributed by atoms with Crippen LogP contribution < -0.4 is 24.2 Å². The quantitative estimate of drug-likeness (QED) is 0.259. The number of nitrogens with zero attached hydrogens (tertiary/aromatic N) is 2. The maximum Gasteiger partial charge on any atom is 0.270 e. The highest BCUT2D eigenvalue weighted by atomic mass is 32.2. The summed E-state index contributed by atoms with van der Waals surface area (Å²) in [7, 11) is 1.60. The highest BCUT2D eigenvalue weighted by molar-refractivity contribution is 7.93. The minimum absolute atomic E-state index is 0.0132. The van der Waals surface area contributed by atoms with Gasteiger partial charge in [0.25, 0.3) is 10.0 Å². The van der Waals surface area contributed by atoms with Crippen molar-refractivity contribution in [3.05, 3.63) is 41.6 Å². The van der Waals surface area contributed by atoms with Crippen molar-refractivity contribution < 1.29 is 31.9 Å². The number of methoxy groups -OCH3 is 4. The molecule has 0 unspecified atom stereocenters. The molecule has 1 aliphatic carbocycles. The molecule has 2 heterocycles. The van der Waals surface area contributed by atoms with E-state index < -0.39 is 10.0 Å². The SMILES string of the molecule is COCc1cc(OC)c(S(=O)(=O)Nc2noc3cc(Nc4cc(C5CC5)[nH]n4)c(OC)cc23)c(OC)c1. The molecule has 5 rings (SSSR count). The molecule has 196 valence electrons. The van der Waals surface area contributed by atoms with Crippen molar-refractivity contribution in [1.29, 1.82) is 0 Å². The third-order valence-electron chi connectivity index (χ3n) is 6.00. The van der Waals surface area contributed by atoms with E-state index in [1.807, 2.05) is 6.07 Å². The van der Waals surface area contributed by atoms with Crippen LogP contribution in [0.5, 0.6) is 17.2 Å². The Bertz CT molecular complexity index is 1520. The number of hydrogen-bond donors (Lipinski definition) is 3. The van der Waals surface area contributed by atoms with Gasteiger partial charge in [0.15, 0.2) is 22.1 Å². The van der Waals surface area contributed by atoms with Crippen LogP contribution in [0.25, 0.3) is 11.0 Å². The predicted octanol–water partition coefficient (Wildman–Crippen LogP) is 4.14. The van der Waals surface area contributed by atoms with Gasteiger partial charge in [0, 0.05) is 30.9 Å². The molecule has 0 radical (unpaired) electrons. The minimum atomic E-state index is -4.20. The molecule has 0 spiro atoms. The number of fused-ring (bicyclic) bond motifs is 1. The first kappa shape index (κ1) is 24.7. The molecule has 3 N–H and O–H groups in total. The summed E-state index contributed by atoms with van der Waals surface area (Å²) in [5.41, 5.74) is 2.70. The van der Waals surface area contributed by atoms with E-state index in [1.54, 1.807) is 24.3 Å². The van der Waals surface area contributed by atoms with E-state index in [0.29, 0.717) is 39.7 Å². The zero-order valence-corrected chi connectivity index (χ0v) is 21.6. The molecule has 1 aliphatic rings. The lowest BCUT2D eigenvalue weighted by molar-refractivity contribution is 0.184. The van der Waals surface area contributed by atoms with Gasteiger partial charge in [-0.05, 0) is 36.6 Å². The van der Waals surface area contributed by atoms with Gasteiger partial charge in [-0.1, -0.05) is 5.16 Å². The molecular formula is C24H27N5O7S. The standard InChI is InChI=1S/C24H27N5O7S/c1-32-12-13-7-20(34-3)23(21(8-13)35-4)37(30,31)29-24-15-9-19(33-2)17(10-18(15)36-28-24)25-22-11-16(26-27-22)14-5-6-14/h7-11,14H,5-6,12H2,1-4H3,(H,28,29)(H2,25,26,27). The number of aromatic amines is 1. The average Bonchev–Trinajstić information content (AvgIpc) is 3.53. The topological polar surface area (TPSA) is 150 Å². The number of aromatic nitrogens is 3. The summed E-state index contributed by atoms with van der Waals surface area (Å²) < 4.78 is 56.3. The Balaban J connectivity index is 1.47. The molecule has 12 nitrogen and oxygen atoms in total. The molecule has 0 atom stereocenters. The Hall–Kier alpha value is -3.97. The minimum Gasteiger partial charge on any atom is -0.495 e. The molecular weight excluding hydrogens is 502 g/mol. The van der Waals surface area contributed by atoms with Gasteiger partial charge >= 0.3 is 0 Å². The molecule has 0 amide bonds. The van der Waals surface area contributed by atoms with Crippen LogP contribution in [0.1, 0.15) is 30.0 Å². The van der Waals surface area contributed by atoms with Crippen LogP contribution in [0.2, 0.25) is 0 Å². The van der Waals surface area contributed by atoms with E-state index >= 15 is 0 Å². The zero-order valence-electron chi connectivity index (χ0n) is 20.7. The fraction of sp³-hybridized carbons (Fsp3) is 0.333. The predicted molar refractivity (Wildman–Crippen MR) is 135 cm³/mol. The van der Waals surface area contributed by atoms with Gasteiger partial charge in [-0.3, -0.25) is 9.82 Å². The number of anilines is 3. The highest BCUT2D eigenvalue weighted by Crippen LogP contribution is 2.41. The van der Waals surface area contributed by atoms with Gasteiger partial charge in [0.05, 0.1) is 39.0 Å². The lowest BCUT2D eigenvalue weighted by Crippen LogP contribution is -2.16. The molecule has 2 aromatic carbocycles. The lowest BCUT2D eigenvalue weighted by Gasteiger charge is -2.16. The Kier molecular flexibility index (Phi) is 6.56. The van der Waals surface area contributed by atoms with E-state index in [1.165, 1.54) is 28.4 Å². The Morgan fingerprint density at radius 1 is 1.00 bits per heavy atom. The molecule has 1 saturated carbocycles. The summed E-state index contributed by atoms with van der Waals surface area (Å²) in [5.74, 6) is 1.80. The van der Waals surface area contributed by atoms with E-state index in [2.05, 4.69) is 25.4 Å². The summed E-state index contributed by atoms with van der Waals surface area (Å²) in [6.45, 7) is 0.255. The van der Waals surface area contributed by atoms with Crippen molar-refractivity contribution in [2.24, 2.45) is 0 Å². The summed E-state index contributed by atoms with van der Waals surface area (Å²) in [4.78, 5) is -0.177. The van der Waals surface area contributed by atoms with Crippen molar-refractivity contribution in [1.82, 2.24) is 15.4 Å². The van der Waals surface area contributed by atoms with Gasteiger partial charge < -0.3 is 28.8 Å². The van der Waals surface area contributed by atoms with E-state index in [4.69, 9.17) is 23.5 Å². The van der Waals surface area contributed by atoms with Crippen LogP contribution >= 0.6 is 0 Å². The number of rotatable bonds is 11. The second-order valence-electron chi connectivity index (χ2n) is 8.56. The highest BCUT2D eigenvalue weighted by Gasteiger charge is 2.29. The van der Waals surface area contributed by atoms with Crippen LogP contribution in [0.3, 0.4) is 0 Å². The van der Waals surface area contributed by atoms with Crippen LogP contribution in [-0.2, 0) is 21.4 Å². The Morgan fingerprint density at radius 2 is 1.70 bits per heavy atom. The summed E-state index contributed by atoms with van der Waals surface area (Å²) in [6, 6.07) is 8.42. The van der Waals surface area contributed by atoms with E-state index in [0.717, 1.165) is 18.5 Å². The number of hydrogen-bond acceptors (Lipinski definition) is 10. The first-order valence-electron chi connectivity index (χ1n) is 11.4. The molecule has 2 aromatic heterocycles. The third kappa shape index (κ3) is 4.87. The first-order valence-corrected chi connectivity index (χ1v) is 12.9. The van der Waals surface area contributed by atoms with Crippen molar-refractivity contribution in [2.45, 2.75) is 30.3 Å². The molecule has 37 heavy (non-hydrogen) atoms. The van der Waals surface area contributed by atoms with Crippen LogP contribution in [-0.4, -0.2) is 52.2 Å². The van der Waals surface area contributed by atoms with Crippen molar-refractivity contribution in [3.8, 4) is 17.2 Å². The first-order chi connectivity index (χ1) is 17.9. The second kappa shape index (κ2) is 9.82. The van der Waals surface area contributed by atoms with Crippen LogP contribution in [0.4, 0.5) is 17.3 Å².